The predicted molar refractivity (Wildman–Crippen MR) is 71.3 cm³/mol. The Balaban J connectivity index is 0.00000120. The van der Waals surface area contributed by atoms with Gasteiger partial charge in [-0.15, -0.1) is 12.4 Å². The summed E-state index contributed by atoms with van der Waals surface area (Å²) >= 11 is 0. The first-order chi connectivity index (χ1) is 8.31. The average Bonchev–Trinajstić information content (AvgIpc) is 2.80. The molecule has 18 heavy (non-hydrogen) atoms. The van der Waals surface area contributed by atoms with Crippen LogP contribution in [0.1, 0.15) is 10.4 Å². The fourth-order valence-electron chi connectivity index (χ4n) is 2.69. The zero-order valence-corrected chi connectivity index (χ0v) is 11.0. The summed E-state index contributed by atoms with van der Waals surface area (Å²) in [6, 6.07) is 7.68. The minimum absolute atomic E-state index is 0. The van der Waals surface area contributed by atoms with Crippen LogP contribution in [0.15, 0.2) is 24.3 Å². The van der Waals surface area contributed by atoms with E-state index in [1.54, 1.807) is 13.2 Å². The number of ether oxygens (including phenoxy) is 1. The van der Waals surface area contributed by atoms with Crippen molar-refractivity contribution in [1.29, 1.82) is 0 Å². The molecular formula is C13H17ClN2O2. The number of hydrogen-bond donors (Lipinski definition) is 2. The van der Waals surface area contributed by atoms with Crippen LogP contribution in [-0.2, 0) is 0 Å². The highest BCUT2D eigenvalue weighted by Crippen LogP contribution is 2.41. The van der Waals surface area contributed by atoms with Gasteiger partial charge in [-0.1, -0.05) is 12.1 Å². The van der Waals surface area contributed by atoms with Crippen molar-refractivity contribution in [2.24, 2.45) is 11.8 Å². The van der Waals surface area contributed by atoms with E-state index in [1.807, 2.05) is 18.2 Å². The van der Waals surface area contributed by atoms with Crippen molar-refractivity contribution in [3.63, 3.8) is 0 Å². The predicted octanol–water partition coefficient (Wildman–Crippen LogP) is 1.06. The molecule has 1 saturated carbocycles. The van der Waals surface area contributed by atoms with E-state index in [0.29, 0.717) is 29.2 Å². The number of amides is 1. The second-order valence-corrected chi connectivity index (χ2v) is 4.69. The Morgan fingerprint density at radius 1 is 1.33 bits per heavy atom. The summed E-state index contributed by atoms with van der Waals surface area (Å²) in [5, 5.41) is 6.40. The number of methoxy groups -OCH3 is 1. The van der Waals surface area contributed by atoms with Gasteiger partial charge in [-0.05, 0) is 24.0 Å². The molecule has 1 aromatic rings. The number of halogens is 1. The maximum absolute atomic E-state index is 12.1. The molecule has 5 heteroatoms. The van der Waals surface area contributed by atoms with Crippen LogP contribution in [-0.4, -0.2) is 32.1 Å². The molecule has 0 aromatic heterocycles. The zero-order chi connectivity index (χ0) is 11.8. The Morgan fingerprint density at radius 2 is 2.00 bits per heavy atom. The average molecular weight is 269 g/mol. The molecular weight excluding hydrogens is 252 g/mol. The van der Waals surface area contributed by atoms with Gasteiger partial charge < -0.3 is 15.4 Å². The quantitative estimate of drug-likeness (QED) is 0.862. The lowest BCUT2D eigenvalue weighted by Gasteiger charge is -2.10. The fourth-order valence-corrected chi connectivity index (χ4v) is 2.69. The molecule has 4 nitrogen and oxygen atoms in total. The molecule has 0 radical (unpaired) electrons. The molecule has 1 heterocycles. The SMILES string of the molecule is COc1ccccc1C(=O)NC1C2CNCC21.Cl. The highest BCUT2D eigenvalue weighted by molar-refractivity contribution is 5.97. The summed E-state index contributed by atoms with van der Waals surface area (Å²) in [4.78, 5) is 12.1. The first-order valence-corrected chi connectivity index (χ1v) is 5.96. The number of fused-ring (bicyclic) bond motifs is 1. The summed E-state index contributed by atoms with van der Waals surface area (Å²) in [6.07, 6.45) is 0. The summed E-state index contributed by atoms with van der Waals surface area (Å²) in [7, 11) is 1.59. The van der Waals surface area contributed by atoms with Crippen molar-refractivity contribution in [1.82, 2.24) is 10.6 Å². The standard InChI is InChI=1S/C13H16N2O2.ClH/c1-17-11-5-3-2-4-8(11)13(16)15-12-9-6-14-7-10(9)12;/h2-5,9-10,12,14H,6-7H2,1H3,(H,15,16);1H. The van der Waals surface area contributed by atoms with Crippen LogP contribution < -0.4 is 15.4 Å². The number of hydrogen-bond acceptors (Lipinski definition) is 3. The lowest BCUT2D eigenvalue weighted by Crippen LogP contribution is -2.32. The molecule has 2 unspecified atom stereocenters. The highest BCUT2D eigenvalue weighted by Gasteiger charge is 2.53. The maximum Gasteiger partial charge on any atom is 0.255 e. The van der Waals surface area contributed by atoms with Gasteiger partial charge >= 0.3 is 0 Å². The van der Waals surface area contributed by atoms with Crippen LogP contribution in [0.3, 0.4) is 0 Å². The number of carbonyl (C=O) groups is 1. The highest BCUT2D eigenvalue weighted by atomic mass is 35.5. The third kappa shape index (κ3) is 2.18. The zero-order valence-electron chi connectivity index (χ0n) is 10.2. The van der Waals surface area contributed by atoms with Crippen LogP contribution in [0.5, 0.6) is 5.75 Å². The van der Waals surface area contributed by atoms with Gasteiger partial charge in [-0.2, -0.15) is 0 Å². The minimum atomic E-state index is -0.0261. The maximum atomic E-state index is 12.1. The van der Waals surface area contributed by atoms with Crippen molar-refractivity contribution >= 4 is 18.3 Å². The van der Waals surface area contributed by atoms with Crippen LogP contribution in [0, 0.1) is 11.8 Å². The van der Waals surface area contributed by atoms with Gasteiger partial charge in [-0.3, -0.25) is 4.79 Å². The number of para-hydroxylation sites is 1. The summed E-state index contributed by atoms with van der Waals surface area (Å²) in [6.45, 7) is 2.06. The Bertz CT molecular complexity index is 442. The molecule has 2 atom stereocenters. The monoisotopic (exact) mass is 268 g/mol. The Kier molecular flexibility index (Phi) is 3.78. The minimum Gasteiger partial charge on any atom is -0.496 e. The van der Waals surface area contributed by atoms with E-state index in [4.69, 9.17) is 4.74 Å². The lowest BCUT2D eigenvalue weighted by atomic mass is 10.2. The summed E-state index contributed by atoms with van der Waals surface area (Å²) in [5.74, 6) is 1.87. The molecule has 2 N–H and O–H groups in total. The Morgan fingerprint density at radius 3 is 2.67 bits per heavy atom. The van der Waals surface area contributed by atoms with Gasteiger partial charge in [0.05, 0.1) is 12.7 Å². The number of carbonyl (C=O) groups excluding carboxylic acids is 1. The van der Waals surface area contributed by atoms with Crippen molar-refractivity contribution in [3.8, 4) is 5.75 Å². The van der Waals surface area contributed by atoms with Crippen LogP contribution >= 0.6 is 12.4 Å². The molecule has 2 aliphatic rings. The van der Waals surface area contributed by atoms with E-state index in [-0.39, 0.29) is 18.3 Å². The van der Waals surface area contributed by atoms with Crippen molar-refractivity contribution in [2.45, 2.75) is 6.04 Å². The Hall–Kier alpha value is -1.26. The van der Waals surface area contributed by atoms with Crippen molar-refractivity contribution in [2.75, 3.05) is 20.2 Å². The van der Waals surface area contributed by atoms with Crippen LogP contribution in [0.2, 0.25) is 0 Å². The van der Waals surface area contributed by atoms with E-state index < -0.39 is 0 Å². The topological polar surface area (TPSA) is 50.4 Å². The largest absolute Gasteiger partial charge is 0.496 e. The van der Waals surface area contributed by atoms with Crippen LogP contribution in [0.4, 0.5) is 0 Å². The van der Waals surface area contributed by atoms with Gasteiger partial charge in [-0.25, -0.2) is 0 Å². The molecule has 0 bridgehead atoms. The third-order valence-electron chi connectivity index (χ3n) is 3.74. The fraction of sp³-hybridized carbons (Fsp3) is 0.462. The van der Waals surface area contributed by atoms with Gasteiger partial charge in [0.2, 0.25) is 0 Å². The van der Waals surface area contributed by atoms with E-state index in [2.05, 4.69) is 10.6 Å². The molecule has 1 aliphatic carbocycles. The number of benzene rings is 1. The summed E-state index contributed by atoms with van der Waals surface area (Å²) in [5.41, 5.74) is 0.618. The van der Waals surface area contributed by atoms with Crippen molar-refractivity contribution < 1.29 is 9.53 Å². The van der Waals surface area contributed by atoms with Crippen LogP contribution in [0.25, 0.3) is 0 Å². The third-order valence-corrected chi connectivity index (χ3v) is 3.74. The van der Waals surface area contributed by atoms with Gasteiger partial charge in [0.25, 0.3) is 5.91 Å². The smallest absolute Gasteiger partial charge is 0.255 e. The molecule has 1 amide bonds. The number of nitrogens with one attached hydrogen (secondary N) is 2. The molecule has 0 spiro atoms. The van der Waals surface area contributed by atoms with Crippen molar-refractivity contribution in [3.05, 3.63) is 29.8 Å². The normalized spacial score (nSPS) is 27.9. The number of rotatable bonds is 3. The van der Waals surface area contributed by atoms with E-state index in [1.165, 1.54) is 0 Å². The second kappa shape index (κ2) is 5.16. The van der Waals surface area contributed by atoms with Gasteiger partial charge in [0.1, 0.15) is 5.75 Å². The van der Waals surface area contributed by atoms with Gasteiger partial charge in [0.15, 0.2) is 0 Å². The first kappa shape index (κ1) is 13.2. The van der Waals surface area contributed by atoms with Gasteiger partial charge in [0, 0.05) is 19.1 Å². The molecule has 1 aromatic carbocycles. The molecule has 2 fully saturated rings. The molecule has 1 saturated heterocycles. The molecule has 1 aliphatic heterocycles. The Labute approximate surface area is 113 Å². The first-order valence-electron chi connectivity index (χ1n) is 5.96. The lowest BCUT2D eigenvalue weighted by molar-refractivity contribution is 0.0943. The van der Waals surface area contributed by atoms with E-state index >= 15 is 0 Å². The van der Waals surface area contributed by atoms with E-state index in [0.717, 1.165) is 13.1 Å². The molecule has 98 valence electrons. The summed E-state index contributed by atoms with van der Waals surface area (Å²) < 4.78 is 5.19. The van der Waals surface area contributed by atoms with E-state index in [9.17, 15) is 4.79 Å². The second-order valence-electron chi connectivity index (χ2n) is 4.69. The number of piperidine rings is 1. The molecule has 3 rings (SSSR count).